The van der Waals surface area contributed by atoms with Gasteiger partial charge in [-0.2, -0.15) is 0 Å². The van der Waals surface area contributed by atoms with E-state index < -0.39 is 16.3 Å². The van der Waals surface area contributed by atoms with Crippen molar-refractivity contribution in [2.45, 2.75) is 54.2 Å². The normalized spacial score (nSPS) is 12.1. The summed E-state index contributed by atoms with van der Waals surface area (Å²) in [7, 11) is -2.44. The Balaban J connectivity index is 1.96. The van der Waals surface area contributed by atoms with Gasteiger partial charge < -0.3 is 9.29 Å². The number of para-hydroxylation sites is 1. The average Bonchev–Trinajstić information content (AvgIpc) is 2.88. The van der Waals surface area contributed by atoms with Gasteiger partial charge in [-0.05, 0) is 81.8 Å². The molecule has 0 aliphatic rings. The van der Waals surface area contributed by atoms with Gasteiger partial charge in [0, 0.05) is 14.7 Å². The summed E-state index contributed by atoms with van der Waals surface area (Å²) in [4.78, 5) is 16.4. The van der Waals surface area contributed by atoms with Crippen LogP contribution >= 0.6 is 10.3 Å². The Kier molecular flexibility index (Phi) is 7.32. The molecule has 0 heterocycles. The van der Waals surface area contributed by atoms with Crippen LogP contribution < -0.4 is 0 Å². The van der Waals surface area contributed by atoms with E-state index in [2.05, 4.69) is 76.2 Å². The summed E-state index contributed by atoms with van der Waals surface area (Å²) >= 11 is 0. The highest BCUT2D eigenvalue weighted by Gasteiger charge is 2.36. The first-order chi connectivity index (χ1) is 16.8. The topological polar surface area (TPSA) is 46.5 Å². The van der Waals surface area contributed by atoms with Crippen LogP contribution in [0.3, 0.4) is 0 Å². The zero-order valence-electron chi connectivity index (χ0n) is 20.6. The first-order valence-electron chi connectivity index (χ1n) is 11.9. The first kappa shape index (κ1) is 24.6. The van der Waals surface area contributed by atoms with Crippen molar-refractivity contribution < 1.29 is 14.1 Å². The van der Waals surface area contributed by atoms with E-state index in [1.165, 1.54) is 17.2 Å². The van der Waals surface area contributed by atoms with Crippen molar-refractivity contribution in [3.63, 3.8) is 0 Å². The molecule has 4 rings (SSSR count). The van der Waals surface area contributed by atoms with E-state index >= 15 is 0 Å². The molecule has 0 saturated carbocycles. The monoisotopic (exact) mass is 484 g/mol. The second-order valence-corrected chi connectivity index (χ2v) is 11.9. The third kappa shape index (κ3) is 4.98. The van der Waals surface area contributed by atoms with Crippen molar-refractivity contribution in [3.05, 3.63) is 120 Å². The lowest BCUT2D eigenvalue weighted by Gasteiger charge is -2.40. The molecule has 1 N–H and O–H groups in total. The van der Waals surface area contributed by atoms with E-state index in [4.69, 9.17) is 4.18 Å². The molecule has 0 aliphatic heterocycles. The van der Waals surface area contributed by atoms with E-state index in [-0.39, 0.29) is 11.3 Å². The molecule has 0 spiro atoms. The molecular formula is C31H32O3S. The fraction of sp³-hybridized carbons (Fsp3) is 0.194. The molecule has 0 bridgehead atoms. The smallest absolute Gasteiger partial charge is 0.353 e. The van der Waals surface area contributed by atoms with Gasteiger partial charge in [-0.25, -0.2) is 4.79 Å². The largest absolute Gasteiger partial charge is 0.507 e. The van der Waals surface area contributed by atoms with Gasteiger partial charge in [0.2, 0.25) is 0 Å². The zero-order chi connectivity index (χ0) is 25.0. The Morgan fingerprint density at radius 1 is 0.629 bits per heavy atom. The maximum Gasteiger partial charge on any atom is 0.353 e. The minimum Gasteiger partial charge on any atom is -0.507 e. The van der Waals surface area contributed by atoms with Gasteiger partial charge in [0.05, 0.1) is 0 Å². The Labute approximate surface area is 209 Å². The summed E-state index contributed by atoms with van der Waals surface area (Å²) in [6.45, 7) is 8.65. The Hall–Kier alpha value is -3.50. The summed E-state index contributed by atoms with van der Waals surface area (Å²) in [6.07, 6.45) is 0. The van der Waals surface area contributed by atoms with Gasteiger partial charge in [-0.3, -0.25) is 0 Å². The van der Waals surface area contributed by atoms with Crippen LogP contribution in [0.25, 0.3) is 0 Å². The summed E-state index contributed by atoms with van der Waals surface area (Å²) in [5, 5.41) is 10.4. The van der Waals surface area contributed by atoms with Gasteiger partial charge in [0.15, 0.2) is 0 Å². The third-order valence-electron chi connectivity index (χ3n) is 6.16. The quantitative estimate of drug-likeness (QED) is 0.285. The Morgan fingerprint density at radius 3 is 1.51 bits per heavy atom. The van der Waals surface area contributed by atoms with Crippen molar-refractivity contribution in [3.8, 4) is 5.75 Å². The number of hydrogen-bond acceptors (Lipinski definition) is 3. The predicted molar refractivity (Wildman–Crippen MR) is 143 cm³/mol. The Bertz CT molecular complexity index is 1230. The van der Waals surface area contributed by atoms with E-state index in [0.29, 0.717) is 11.8 Å². The fourth-order valence-electron chi connectivity index (χ4n) is 4.06. The van der Waals surface area contributed by atoms with Crippen LogP contribution in [0.4, 0.5) is 0 Å². The second kappa shape index (κ2) is 10.4. The number of phenolic OH excluding ortho intramolecular Hbond substituents is 1. The number of phenols is 1. The predicted octanol–water partition coefficient (Wildman–Crippen LogP) is 8.69. The van der Waals surface area contributed by atoms with Gasteiger partial charge in [-0.1, -0.05) is 82.3 Å². The lowest BCUT2D eigenvalue weighted by Crippen LogP contribution is -2.14. The van der Waals surface area contributed by atoms with Crippen LogP contribution in [0.1, 0.15) is 61.0 Å². The lowest BCUT2D eigenvalue weighted by atomic mass is 10.0. The third-order valence-corrected chi connectivity index (χ3v) is 9.37. The molecule has 180 valence electrons. The average molecular weight is 485 g/mol. The molecule has 0 aromatic heterocycles. The highest BCUT2D eigenvalue weighted by molar-refractivity contribution is 8.30. The highest BCUT2D eigenvalue weighted by atomic mass is 32.3. The van der Waals surface area contributed by atoms with E-state index in [1.54, 1.807) is 18.2 Å². The van der Waals surface area contributed by atoms with Crippen molar-refractivity contribution in [1.29, 1.82) is 0 Å². The molecule has 35 heavy (non-hydrogen) atoms. The number of aromatic hydroxyl groups is 1. The molecule has 0 fully saturated rings. The summed E-state index contributed by atoms with van der Waals surface area (Å²) in [6, 6.07) is 33.2. The fourth-order valence-corrected chi connectivity index (χ4v) is 7.06. The minimum absolute atomic E-state index is 0.0934. The molecule has 4 heteroatoms. The maximum absolute atomic E-state index is 13.6. The van der Waals surface area contributed by atoms with Crippen LogP contribution in [-0.4, -0.2) is 11.1 Å². The SMILES string of the molecule is CC(C)c1ccc(S(OC(=O)c2ccccc2O)(c2ccccc2)c2ccc(C(C)C)cc2)cc1. The molecule has 0 saturated heterocycles. The molecule has 4 aromatic carbocycles. The van der Waals surface area contributed by atoms with E-state index in [0.717, 1.165) is 14.7 Å². The molecule has 0 aliphatic carbocycles. The first-order valence-corrected chi connectivity index (χ1v) is 13.5. The summed E-state index contributed by atoms with van der Waals surface area (Å²) in [5.41, 5.74) is 2.59. The number of carbonyl (C=O) groups is 1. The molecule has 3 nitrogen and oxygen atoms in total. The molecule has 4 aromatic rings. The van der Waals surface area contributed by atoms with Gasteiger partial charge >= 0.3 is 5.97 Å². The molecule has 0 unspecified atom stereocenters. The molecule has 0 radical (unpaired) electrons. The number of rotatable bonds is 7. The number of hydrogen-bond donors (Lipinski definition) is 1. The van der Waals surface area contributed by atoms with Crippen molar-refractivity contribution in [1.82, 2.24) is 0 Å². The second-order valence-electron chi connectivity index (χ2n) is 9.20. The van der Waals surface area contributed by atoms with Crippen molar-refractivity contribution in [2.24, 2.45) is 0 Å². The van der Waals surface area contributed by atoms with Crippen LogP contribution in [0.2, 0.25) is 0 Å². The summed E-state index contributed by atoms with van der Waals surface area (Å²) in [5.74, 6) is 0.130. The molecule has 0 atom stereocenters. The van der Waals surface area contributed by atoms with Crippen LogP contribution in [0.15, 0.2) is 118 Å². The highest BCUT2D eigenvalue weighted by Crippen LogP contribution is 2.69. The number of carbonyl (C=O) groups excluding carboxylic acids is 1. The van der Waals surface area contributed by atoms with Crippen molar-refractivity contribution >= 4 is 16.3 Å². The van der Waals surface area contributed by atoms with Crippen molar-refractivity contribution in [2.75, 3.05) is 0 Å². The summed E-state index contributed by atoms with van der Waals surface area (Å²) < 4.78 is 6.55. The Morgan fingerprint density at radius 2 is 1.06 bits per heavy atom. The maximum atomic E-state index is 13.6. The van der Waals surface area contributed by atoms with Gasteiger partial charge in [-0.15, -0.1) is 0 Å². The van der Waals surface area contributed by atoms with Crippen LogP contribution in [-0.2, 0) is 4.18 Å². The van der Waals surface area contributed by atoms with E-state index in [9.17, 15) is 9.90 Å². The number of benzene rings is 4. The van der Waals surface area contributed by atoms with Crippen LogP contribution in [0, 0.1) is 0 Å². The van der Waals surface area contributed by atoms with Gasteiger partial charge in [0.1, 0.15) is 11.3 Å². The van der Waals surface area contributed by atoms with Gasteiger partial charge in [0.25, 0.3) is 0 Å². The standard InChI is InChI=1S/C31H32O3S/c1-22(2)24-14-18-27(19-15-24)35(26-10-6-5-7-11-26,28-20-16-25(17-21-28)23(3)4)34-31(33)29-12-8-9-13-30(29)32/h5-23,32H,1-4H3. The minimum atomic E-state index is -2.44. The molecular weight excluding hydrogens is 452 g/mol. The van der Waals surface area contributed by atoms with Crippen LogP contribution in [0.5, 0.6) is 5.75 Å². The lowest BCUT2D eigenvalue weighted by molar-refractivity contribution is 0.0754. The molecule has 0 amide bonds. The van der Waals surface area contributed by atoms with E-state index in [1.807, 2.05) is 30.3 Å². The zero-order valence-corrected chi connectivity index (χ0v) is 21.5.